The van der Waals surface area contributed by atoms with Crippen molar-refractivity contribution in [2.24, 2.45) is 0 Å². The Balaban J connectivity index is -0.0000000720. The zero-order chi connectivity index (χ0) is 7.15. The molecule has 0 spiro atoms. The first-order valence-electron chi connectivity index (χ1n) is 1.31. The van der Waals surface area contributed by atoms with Crippen LogP contribution in [0.25, 0.3) is 0 Å². The van der Waals surface area contributed by atoms with Crippen LogP contribution in [0.15, 0.2) is 0 Å². The number of alkyl halides is 6. The summed E-state index contributed by atoms with van der Waals surface area (Å²) in [6, 6.07) is 0. The number of rotatable bonds is 0. The van der Waals surface area contributed by atoms with E-state index in [9.17, 15) is 26.3 Å². The quantitative estimate of drug-likeness (QED) is 0.378. The summed E-state index contributed by atoms with van der Waals surface area (Å²) in [7, 11) is 0. The van der Waals surface area contributed by atoms with Gasteiger partial charge in [0.05, 0.1) is 0 Å². The Bertz CT molecular complexity index is 26.5. The fourth-order valence-corrected chi connectivity index (χ4v) is 0. The second-order valence-corrected chi connectivity index (χ2v) is 0.495. The van der Waals surface area contributed by atoms with E-state index < -0.39 is 13.4 Å². The van der Waals surface area contributed by atoms with Gasteiger partial charge in [0.1, 0.15) is 0 Å². The maximum atomic E-state index is 9.67. The minimum atomic E-state index is -3.67. The molecule has 0 rings (SSSR count). The summed E-state index contributed by atoms with van der Waals surface area (Å²) in [6.07, 6.45) is 0. The molecule has 0 unspecified atom stereocenters. The van der Waals surface area contributed by atoms with Gasteiger partial charge in [-0.05, 0) is 0 Å². The van der Waals surface area contributed by atoms with Gasteiger partial charge in [-0.15, -0.1) is 0 Å². The minimum absolute atomic E-state index is 0. The van der Waals surface area contributed by atoms with Crippen LogP contribution in [0.1, 0.15) is 0 Å². The maximum Gasteiger partial charge on any atom is 0.379 e. The Hall–Kier alpha value is 0.580. The Kier molecular flexibility index (Phi) is 20.6. The minimum Gasteiger partial charge on any atom is -0.174 e. The van der Waals surface area contributed by atoms with E-state index in [4.69, 9.17) is 0 Å². The third-order valence-corrected chi connectivity index (χ3v) is 0. The first kappa shape index (κ1) is 16.3. The normalized spacial score (nSPS) is 8.00. The Morgan fingerprint density at radius 3 is 0.556 bits per heavy atom. The maximum absolute atomic E-state index is 9.67. The van der Waals surface area contributed by atoms with Crippen molar-refractivity contribution in [2.45, 2.75) is 13.4 Å². The van der Waals surface area contributed by atoms with E-state index in [1.807, 2.05) is 0 Å². The molecule has 0 saturated carbocycles. The standard InChI is InChI=1S/2CHF3.Na/c2*2-1(3)4;/h2*1H;. The molecule has 0 N–H and O–H groups in total. The van der Waals surface area contributed by atoms with E-state index in [0.29, 0.717) is 0 Å². The van der Waals surface area contributed by atoms with Crippen LogP contribution in [0, 0.1) is 0 Å². The van der Waals surface area contributed by atoms with Gasteiger partial charge < -0.3 is 0 Å². The summed E-state index contributed by atoms with van der Waals surface area (Å²) in [5.41, 5.74) is 0. The van der Waals surface area contributed by atoms with Gasteiger partial charge in [-0.25, -0.2) is 0 Å². The van der Waals surface area contributed by atoms with Crippen LogP contribution >= 0.6 is 0 Å². The molecule has 0 nitrogen and oxygen atoms in total. The van der Waals surface area contributed by atoms with Crippen molar-refractivity contribution in [3.05, 3.63) is 0 Å². The zero-order valence-electron chi connectivity index (χ0n) is 4.42. The molecule has 0 aliphatic heterocycles. The van der Waals surface area contributed by atoms with E-state index in [2.05, 4.69) is 0 Å². The van der Waals surface area contributed by atoms with Crippen molar-refractivity contribution in [2.75, 3.05) is 0 Å². The fraction of sp³-hybridized carbons (Fsp3) is 1.00. The molecule has 0 bridgehead atoms. The first-order chi connectivity index (χ1) is 3.46. The fourth-order valence-electron chi connectivity index (χ4n) is 0. The molecule has 0 atom stereocenters. The molecule has 0 heterocycles. The SMILES string of the molecule is FC(F)F.FC(F)F.[Na]. The number of hydrogen-bond donors (Lipinski definition) is 0. The van der Waals surface area contributed by atoms with Crippen molar-refractivity contribution in [1.82, 2.24) is 0 Å². The molecule has 0 aliphatic carbocycles. The van der Waals surface area contributed by atoms with Gasteiger partial charge in [-0.3, -0.25) is 0 Å². The summed E-state index contributed by atoms with van der Waals surface area (Å²) in [5.74, 6) is 0. The Morgan fingerprint density at radius 2 is 0.556 bits per heavy atom. The van der Waals surface area contributed by atoms with E-state index in [1.54, 1.807) is 0 Å². The summed E-state index contributed by atoms with van der Waals surface area (Å²) in [4.78, 5) is 0. The van der Waals surface area contributed by atoms with E-state index in [1.165, 1.54) is 0 Å². The molecule has 1 radical (unpaired) electrons. The molecule has 0 aromatic heterocycles. The molecule has 7 heteroatoms. The summed E-state index contributed by atoms with van der Waals surface area (Å²) >= 11 is 0. The summed E-state index contributed by atoms with van der Waals surface area (Å²) < 4.78 is 58.0. The predicted molar refractivity (Wildman–Crippen MR) is 20.0 cm³/mol. The van der Waals surface area contributed by atoms with E-state index in [0.717, 1.165) is 0 Å². The van der Waals surface area contributed by atoms with E-state index >= 15 is 0 Å². The summed E-state index contributed by atoms with van der Waals surface area (Å²) in [5, 5.41) is 0. The van der Waals surface area contributed by atoms with Crippen LogP contribution < -0.4 is 0 Å². The molecule has 0 saturated heterocycles. The number of hydrogen-bond acceptors (Lipinski definition) is 0. The van der Waals surface area contributed by atoms with Crippen molar-refractivity contribution in [3.63, 3.8) is 0 Å². The zero-order valence-corrected chi connectivity index (χ0v) is 6.42. The third kappa shape index (κ3) is 1100. The molecule has 0 aromatic carbocycles. The van der Waals surface area contributed by atoms with Gasteiger partial charge in [0.25, 0.3) is 0 Å². The topological polar surface area (TPSA) is 0 Å². The molecular weight excluding hydrogens is 161 g/mol. The smallest absolute Gasteiger partial charge is 0.174 e. The van der Waals surface area contributed by atoms with Gasteiger partial charge >= 0.3 is 13.4 Å². The van der Waals surface area contributed by atoms with Crippen LogP contribution in [0.3, 0.4) is 0 Å². The number of halogens is 6. The van der Waals surface area contributed by atoms with Crippen LogP contribution in [0.2, 0.25) is 0 Å². The second kappa shape index (κ2) is 11.4. The van der Waals surface area contributed by atoms with Crippen LogP contribution in [0.5, 0.6) is 0 Å². The predicted octanol–water partition coefficient (Wildman–Crippen LogP) is 1.98. The van der Waals surface area contributed by atoms with Crippen molar-refractivity contribution in [3.8, 4) is 0 Å². The van der Waals surface area contributed by atoms with Gasteiger partial charge in [-0.2, -0.15) is 26.3 Å². The van der Waals surface area contributed by atoms with Gasteiger partial charge in [0.15, 0.2) is 0 Å². The van der Waals surface area contributed by atoms with Crippen molar-refractivity contribution >= 4 is 29.6 Å². The van der Waals surface area contributed by atoms with Crippen molar-refractivity contribution < 1.29 is 26.3 Å². The first-order valence-corrected chi connectivity index (χ1v) is 1.31. The molecule has 53 valence electrons. The third-order valence-electron chi connectivity index (χ3n) is 0. The molecule has 0 amide bonds. The van der Waals surface area contributed by atoms with Crippen LogP contribution in [0.4, 0.5) is 26.3 Å². The molecule has 0 fully saturated rings. The average molecular weight is 163 g/mol. The second-order valence-electron chi connectivity index (χ2n) is 0.495. The van der Waals surface area contributed by atoms with Crippen molar-refractivity contribution in [1.29, 1.82) is 0 Å². The van der Waals surface area contributed by atoms with Crippen LogP contribution in [-0.2, 0) is 0 Å². The molecule has 9 heavy (non-hydrogen) atoms. The Labute approximate surface area is 69.5 Å². The Morgan fingerprint density at radius 1 is 0.556 bits per heavy atom. The average Bonchev–Trinajstić information content (AvgIpc) is 1.25. The van der Waals surface area contributed by atoms with Gasteiger partial charge in [-0.1, -0.05) is 0 Å². The molecular formula is C2H2F6Na. The molecule has 0 aliphatic rings. The van der Waals surface area contributed by atoms with E-state index in [-0.39, 0.29) is 29.6 Å². The summed E-state index contributed by atoms with van der Waals surface area (Å²) in [6.45, 7) is -7.33. The molecule has 0 aromatic rings. The largest absolute Gasteiger partial charge is 0.379 e. The monoisotopic (exact) mass is 163 g/mol. The van der Waals surface area contributed by atoms with Gasteiger partial charge in [0, 0.05) is 29.6 Å². The van der Waals surface area contributed by atoms with Gasteiger partial charge in [0.2, 0.25) is 0 Å². The van der Waals surface area contributed by atoms with Crippen LogP contribution in [-0.4, -0.2) is 42.9 Å².